The van der Waals surface area contributed by atoms with Crippen molar-refractivity contribution in [3.05, 3.63) is 0 Å². The molecule has 0 aromatic rings. The largest absolute Gasteiger partial charge is 0.392 e. The van der Waals surface area contributed by atoms with Crippen LogP contribution in [-0.2, 0) is 0 Å². The van der Waals surface area contributed by atoms with E-state index < -0.39 is 12.1 Å². The Labute approximate surface area is 71.1 Å². The van der Waals surface area contributed by atoms with E-state index in [0.29, 0.717) is 6.42 Å². The zero-order chi connectivity index (χ0) is 9.35. The molecule has 0 aromatic carbocycles. The Morgan fingerprint density at radius 1 is 1.08 bits per heavy atom. The fourth-order valence-electron chi connectivity index (χ4n) is 1.99. The molecule has 0 heterocycles. The molecule has 0 N–H and O–H groups in total. The van der Waals surface area contributed by atoms with Crippen molar-refractivity contribution in [3.63, 3.8) is 0 Å². The molecule has 3 heteroatoms. The lowest BCUT2D eigenvalue weighted by Crippen LogP contribution is -2.33. The van der Waals surface area contributed by atoms with E-state index in [2.05, 4.69) is 0 Å². The van der Waals surface area contributed by atoms with Gasteiger partial charge in [0.15, 0.2) is 0 Å². The van der Waals surface area contributed by atoms with Gasteiger partial charge in [0.25, 0.3) is 0 Å². The van der Waals surface area contributed by atoms with E-state index in [1.807, 2.05) is 6.92 Å². The smallest absolute Gasteiger partial charge is 0.171 e. The van der Waals surface area contributed by atoms with Gasteiger partial charge in [-0.15, -0.1) is 0 Å². The van der Waals surface area contributed by atoms with Gasteiger partial charge in [0, 0.05) is 0 Å². The highest BCUT2D eigenvalue weighted by molar-refractivity contribution is 4.80. The van der Waals surface area contributed by atoms with Gasteiger partial charge in [0.05, 0.1) is 5.92 Å². The summed E-state index contributed by atoms with van der Waals surface area (Å²) in [6, 6.07) is 0. The van der Waals surface area contributed by atoms with Crippen molar-refractivity contribution < 1.29 is 13.2 Å². The Morgan fingerprint density at radius 2 is 1.67 bits per heavy atom. The summed E-state index contributed by atoms with van der Waals surface area (Å²) in [6.07, 6.45) is -1.97. The number of rotatable bonds is 0. The molecule has 1 fully saturated rings. The van der Waals surface area contributed by atoms with E-state index >= 15 is 0 Å². The van der Waals surface area contributed by atoms with Gasteiger partial charge in [0.1, 0.15) is 0 Å². The lowest BCUT2D eigenvalue weighted by atomic mass is 9.75. The van der Waals surface area contributed by atoms with Crippen LogP contribution in [-0.4, -0.2) is 6.18 Å². The van der Waals surface area contributed by atoms with E-state index in [1.165, 1.54) is 0 Å². The van der Waals surface area contributed by atoms with Crippen LogP contribution in [0.3, 0.4) is 0 Å². The Kier molecular flexibility index (Phi) is 2.69. The van der Waals surface area contributed by atoms with Gasteiger partial charge in [-0.05, 0) is 24.7 Å². The molecular weight excluding hydrogens is 165 g/mol. The highest BCUT2D eigenvalue weighted by Crippen LogP contribution is 2.42. The van der Waals surface area contributed by atoms with Crippen molar-refractivity contribution in [2.24, 2.45) is 17.8 Å². The number of alkyl halides is 3. The minimum atomic E-state index is -3.98. The van der Waals surface area contributed by atoms with Crippen molar-refractivity contribution in [1.82, 2.24) is 0 Å². The standard InChI is InChI=1S/C9H15F3/c1-6-3-4-7(2)8(5-6)9(10,11)12/h6-8H,3-5H2,1-2H3. The van der Waals surface area contributed by atoms with Crippen LogP contribution in [0.1, 0.15) is 33.1 Å². The lowest BCUT2D eigenvalue weighted by molar-refractivity contribution is -0.198. The van der Waals surface area contributed by atoms with E-state index in [-0.39, 0.29) is 11.8 Å². The van der Waals surface area contributed by atoms with Crippen LogP contribution < -0.4 is 0 Å². The second-order valence-electron chi connectivity index (χ2n) is 4.04. The topological polar surface area (TPSA) is 0 Å². The van der Waals surface area contributed by atoms with Crippen molar-refractivity contribution in [1.29, 1.82) is 0 Å². The molecule has 3 unspecified atom stereocenters. The third kappa shape index (κ3) is 2.14. The third-order valence-electron chi connectivity index (χ3n) is 2.88. The van der Waals surface area contributed by atoms with E-state index in [9.17, 15) is 13.2 Å². The molecule has 72 valence electrons. The second kappa shape index (κ2) is 3.27. The number of hydrogen-bond acceptors (Lipinski definition) is 0. The zero-order valence-electron chi connectivity index (χ0n) is 7.49. The van der Waals surface area contributed by atoms with Crippen molar-refractivity contribution in [2.45, 2.75) is 39.3 Å². The average Bonchev–Trinajstić information content (AvgIpc) is 1.92. The van der Waals surface area contributed by atoms with Crippen LogP contribution in [0.25, 0.3) is 0 Å². The van der Waals surface area contributed by atoms with Gasteiger partial charge in [-0.2, -0.15) is 13.2 Å². The molecule has 0 amide bonds. The summed E-state index contributed by atoms with van der Waals surface area (Å²) in [6.45, 7) is 3.62. The Hall–Kier alpha value is -0.210. The molecule has 1 rings (SSSR count). The predicted molar refractivity (Wildman–Crippen MR) is 41.7 cm³/mol. The summed E-state index contributed by atoms with van der Waals surface area (Å²) in [5.41, 5.74) is 0. The minimum Gasteiger partial charge on any atom is -0.171 e. The lowest BCUT2D eigenvalue weighted by Gasteiger charge is -2.33. The molecule has 0 nitrogen and oxygen atoms in total. The van der Waals surface area contributed by atoms with E-state index in [1.54, 1.807) is 6.92 Å². The molecule has 12 heavy (non-hydrogen) atoms. The van der Waals surface area contributed by atoms with Gasteiger partial charge >= 0.3 is 6.18 Å². The quantitative estimate of drug-likeness (QED) is 0.534. The van der Waals surface area contributed by atoms with Gasteiger partial charge in [-0.1, -0.05) is 20.3 Å². The third-order valence-corrected chi connectivity index (χ3v) is 2.88. The molecule has 0 aliphatic heterocycles. The average molecular weight is 180 g/mol. The highest BCUT2D eigenvalue weighted by atomic mass is 19.4. The minimum absolute atomic E-state index is 0.179. The fourth-order valence-corrected chi connectivity index (χ4v) is 1.99. The van der Waals surface area contributed by atoms with Crippen LogP contribution in [0, 0.1) is 17.8 Å². The van der Waals surface area contributed by atoms with E-state index in [0.717, 1.165) is 12.8 Å². The monoisotopic (exact) mass is 180 g/mol. The summed E-state index contributed by atoms with van der Waals surface area (Å²) in [4.78, 5) is 0. The first-order valence-electron chi connectivity index (χ1n) is 4.48. The first kappa shape index (κ1) is 9.87. The van der Waals surface area contributed by atoms with Gasteiger partial charge in [-0.3, -0.25) is 0 Å². The maximum atomic E-state index is 12.4. The van der Waals surface area contributed by atoms with Gasteiger partial charge < -0.3 is 0 Å². The SMILES string of the molecule is CC1CCC(C)C(C(F)(F)F)C1. The first-order valence-corrected chi connectivity index (χ1v) is 4.48. The molecule has 1 aliphatic rings. The van der Waals surface area contributed by atoms with Crippen molar-refractivity contribution >= 4 is 0 Å². The zero-order valence-corrected chi connectivity index (χ0v) is 7.49. The Morgan fingerprint density at radius 3 is 2.08 bits per heavy atom. The molecule has 0 saturated heterocycles. The van der Waals surface area contributed by atoms with Gasteiger partial charge in [0.2, 0.25) is 0 Å². The van der Waals surface area contributed by atoms with Crippen LogP contribution in [0.4, 0.5) is 13.2 Å². The summed E-state index contributed by atoms with van der Waals surface area (Å²) in [5, 5.41) is 0. The van der Waals surface area contributed by atoms with Crippen molar-refractivity contribution in [2.75, 3.05) is 0 Å². The molecule has 3 atom stereocenters. The maximum Gasteiger partial charge on any atom is 0.392 e. The normalized spacial score (nSPS) is 38.2. The van der Waals surface area contributed by atoms with Crippen LogP contribution in [0.15, 0.2) is 0 Å². The van der Waals surface area contributed by atoms with E-state index in [4.69, 9.17) is 0 Å². The number of halogens is 3. The summed E-state index contributed by atoms with van der Waals surface area (Å²) in [7, 11) is 0. The number of hydrogen-bond donors (Lipinski definition) is 0. The molecular formula is C9H15F3. The molecule has 0 bridgehead atoms. The molecule has 0 aromatic heterocycles. The van der Waals surface area contributed by atoms with Crippen LogP contribution in [0.2, 0.25) is 0 Å². The van der Waals surface area contributed by atoms with Gasteiger partial charge in [-0.25, -0.2) is 0 Å². The molecule has 0 radical (unpaired) electrons. The van der Waals surface area contributed by atoms with Crippen molar-refractivity contribution in [3.8, 4) is 0 Å². The van der Waals surface area contributed by atoms with Crippen LogP contribution >= 0.6 is 0 Å². The molecule has 1 aliphatic carbocycles. The summed E-state index contributed by atoms with van der Waals surface area (Å²) >= 11 is 0. The summed E-state index contributed by atoms with van der Waals surface area (Å²) < 4.78 is 37.1. The summed E-state index contributed by atoms with van der Waals surface area (Å²) in [5.74, 6) is -0.990. The van der Waals surface area contributed by atoms with Crippen LogP contribution in [0.5, 0.6) is 0 Å². The highest BCUT2D eigenvalue weighted by Gasteiger charge is 2.44. The fraction of sp³-hybridized carbons (Fsp3) is 1.00. The second-order valence-corrected chi connectivity index (χ2v) is 4.04. The molecule has 1 saturated carbocycles. The first-order chi connectivity index (χ1) is 5.41. The molecule has 0 spiro atoms. The Bertz CT molecular complexity index is 150. The Balaban J connectivity index is 2.61. The maximum absolute atomic E-state index is 12.4. The predicted octanol–water partition coefficient (Wildman–Crippen LogP) is 3.62.